The molecule has 1 aliphatic heterocycles. The van der Waals surface area contributed by atoms with Crippen LogP contribution in [-0.2, 0) is 20.4 Å². The van der Waals surface area contributed by atoms with Gasteiger partial charge in [-0.3, -0.25) is 0 Å². The van der Waals surface area contributed by atoms with Crippen molar-refractivity contribution in [2.24, 2.45) is 10.8 Å². The van der Waals surface area contributed by atoms with E-state index in [9.17, 15) is 0 Å². The first kappa shape index (κ1) is 33.1. The molecule has 2 atom stereocenters. The van der Waals surface area contributed by atoms with Crippen molar-refractivity contribution in [3.8, 4) is 0 Å². The predicted octanol–water partition coefficient (Wildman–Crippen LogP) is 3.33. The number of benzene rings is 4. The summed E-state index contributed by atoms with van der Waals surface area (Å²) in [6, 6.07) is 31.6. The number of hydrogen-bond acceptors (Lipinski definition) is 2. The van der Waals surface area contributed by atoms with Gasteiger partial charge in [-0.05, 0) is 55.6 Å². The first-order valence-electron chi connectivity index (χ1n) is 12.7. The van der Waals surface area contributed by atoms with Crippen LogP contribution in [0.4, 0.5) is 0 Å². The van der Waals surface area contributed by atoms with Crippen LogP contribution >= 0.6 is 0 Å². The van der Waals surface area contributed by atoms with E-state index in [0.29, 0.717) is 0 Å². The molecule has 0 amide bonds. The smallest absolute Gasteiger partial charge is 1.00 e. The Balaban J connectivity index is 0.00000190. The van der Waals surface area contributed by atoms with Crippen molar-refractivity contribution >= 4 is 21.5 Å². The third kappa shape index (κ3) is 6.95. The second-order valence-electron chi connectivity index (χ2n) is 12.1. The molecule has 0 fully saturated rings. The fourth-order valence-electron chi connectivity index (χ4n) is 5.68. The Morgan fingerprint density at radius 1 is 0.526 bits per heavy atom. The van der Waals surface area contributed by atoms with E-state index >= 15 is 0 Å². The SMILES string of the molecule is CC(C)(C)[C@@H](c1ccc2ccccc2c1)N1[CH]N([C@H](c2ccc3ccccc3c2)C(C)(C)C)C=C1.[HH].[I-].[I-].[Pd+2]. The Labute approximate surface area is 278 Å². The molecule has 0 saturated carbocycles. The summed E-state index contributed by atoms with van der Waals surface area (Å²) < 4.78 is 0. The van der Waals surface area contributed by atoms with Gasteiger partial charge >= 0.3 is 20.4 Å². The van der Waals surface area contributed by atoms with Crippen LogP contribution < -0.4 is 48.0 Å². The van der Waals surface area contributed by atoms with Crippen LogP contribution in [0.3, 0.4) is 0 Å². The van der Waals surface area contributed by atoms with E-state index in [1.165, 1.54) is 32.7 Å². The van der Waals surface area contributed by atoms with Crippen molar-refractivity contribution in [3.05, 3.63) is 115 Å². The molecule has 1 heterocycles. The molecule has 5 rings (SSSR count). The van der Waals surface area contributed by atoms with E-state index in [0.717, 1.165) is 0 Å². The second-order valence-corrected chi connectivity index (χ2v) is 12.1. The van der Waals surface area contributed by atoms with Crippen LogP contribution in [0, 0.1) is 17.5 Å². The molecule has 0 aliphatic carbocycles. The maximum absolute atomic E-state index is 2.41. The molecule has 0 N–H and O–H groups in total. The van der Waals surface area contributed by atoms with Gasteiger partial charge in [-0.2, -0.15) is 0 Å². The summed E-state index contributed by atoms with van der Waals surface area (Å²) in [5.74, 6) is 0. The first-order chi connectivity index (χ1) is 16.6. The first-order valence-corrected chi connectivity index (χ1v) is 12.7. The van der Waals surface area contributed by atoms with Gasteiger partial charge in [-0.15, -0.1) is 0 Å². The molecule has 4 aromatic carbocycles. The molecule has 0 bridgehead atoms. The zero-order valence-corrected chi connectivity index (χ0v) is 28.8. The van der Waals surface area contributed by atoms with Gasteiger partial charge in [-0.25, -0.2) is 0 Å². The van der Waals surface area contributed by atoms with Gasteiger partial charge in [0.05, 0.1) is 12.1 Å². The summed E-state index contributed by atoms with van der Waals surface area (Å²) in [7, 11) is 0. The third-order valence-electron chi connectivity index (χ3n) is 7.09. The molecule has 5 heteroatoms. The van der Waals surface area contributed by atoms with Crippen molar-refractivity contribution in [3.63, 3.8) is 0 Å². The largest absolute Gasteiger partial charge is 2.00 e. The Bertz CT molecular complexity index is 1290. The molecule has 38 heavy (non-hydrogen) atoms. The van der Waals surface area contributed by atoms with Crippen LogP contribution in [0.2, 0.25) is 0 Å². The molecular weight excluding hydrogens is 785 g/mol. The minimum atomic E-state index is 0. The van der Waals surface area contributed by atoms with E-state index in [4.69, 9.17) is 0 Å². The summed E-state index contributed by atoms with van der Waals surface area (Å²) in [4.78, 5) is 4.81. The number of rotatable bonds is 4. The minimum absolute atomic E-state index is 0. The normalized spacial score (nSPS) is 15.0. The number of hydrogen-bond donors (Lipinski definition) is 0. The summed E-state index contributed by atoms with van der Waals surface area (Å²) in [6.07, 6.45) is 4.51. The van der Waals surface area contributed by atoms with Gasteiger partial charge < -0.3 is 57.8 Å². The van der Waals surface area contributed by atoms with E-state index in [1.54, 1.807) is 0 Å². The second kappa shape index (κ2) is 13.0. The van der Waals surface area contributed by atoms with Crippen LogP contribution in [0.1, 0.15) is 66.2 Å². The molecule has 205 valence electrons. The number of halogens is 2. The molecule has 0 spiro atoms. The molecule has 4 aromatic rings. The van der Waals surface area contributed by atoms with E-state index in [1.807, 2.05) is 0 Å². The average molecular weight is 824 g/mol. The molecule has 0 unspecified atom stereocenters. The standard InChI is InChI=1S/C33H37N2.2HI.Pd.H2/c1-32(2,3)30(28-17-15-24-11-7-9-13-26(24)21-28)34-19-20-35(23-34)31(33(4,5)6)29-18-16-25-12-8-10-14-27(25)22-29;;;;/h7-23,30-31H,1-6H3;2*1H;;1H/q;;;+2;/p-2/t30-,31-;;;;/m1..../s1. The van der Waals surface area contributed by atoms with Crippen LogP contribution in [0.5, 0.6) is 0 Å². The zero-order valence-electron chi connectivity index (χ0n) is 22.9. The Morgan fingerprint density at radius 2 is 0.868 bits per heavy atom. The Hall–Kier alpha value is -1.14. The summed E-state index contributed by atoms with van der Waals surface area (Å²) >= 11 is 0. The third-order valence-corrected chi connectivity index (χ3v) is 7.09. The summed E-state index contributed by atoms with van der Waals surface area (Å²) in [5, 5.41) is 5.16. The van der Waals surface area contributed by atoms with E-state index in [2.05, 4.69) is 155 Å². The molecule has 0 saturated heterocycles. The fourth-order valence-corrected chi connectivity index (χ4v) is 5.68. The van der Waals surface area contributed by atoms with Gasteiger partial charge in [0.2, 0.25) is 0 Å². The topological polar surface area (TPSA) is 6.48 Å². The van der Waals surface area contributed by atoms with Gasteiger partial charge in [0.1, 0.15) is 6.67 Å². The van der Waals surface area contributed by atoms with Crippen molar-refractivity contribution in [2.75, 3.05) is 0 Å². The fraction of sp³-hybridized carbons (Fsp3) is 0.303. The maximum atomic E-state index is 2.41. The molecule has 2 nitrogen and oxygen atoms in total. The van der Waals surface area contributed by atoms with Gasteiger partial charge in [0.25, 0.3) is 0 Å². The molecule has 1 radical (unpaired) electrons. The minimum Gasteiger partial charge on any atom is -1.00 e. The van der Waals surface area contributed by atoms with E-state index in [-0.39, 0.29) is 92.7 Å². The van der Waals surface area contributed by atoms with Crippen molar-refractivity contribution in [1.29, 1.82) is 0 Å². The number of nitrogens with zero attached hydrogens (tertiary/aromatic N) is 2. The van der Waals surface area contributed by atoms with Gasteiger partial charge in [0, 0.05) is 13.8 Å². The number of fused-ring (bicyclic) bond motifs is 2. The predicted molar refractivity (Wildman–Crippen MR) is 152 cm³/mol. The van der Waals surface area contributed by atoms with Crippen molar-refractivity contribution in [1.82, 2.24) is 9.80 Å². The van der Waals surface area contributed by atoms with Crippen LogP contribution in [0.25, 0.3) is 21.5 Å². The molecule has 0 aromatic heterocycles. The molecular formula is C33H39I2N2Pd. The summed E-state index contributed by atoms with van der Waals surface area (Å²) in [6.45, 7) is 16.3. The monoisotopic (exact) mass is 823 g/mol. The van der Waals surface area contributed by atoms with Crippen LogP contribution in [-0.4, -0.2) is 9.80 Å². The Morgan fingerprint density at radius 3 is 1.21 bits per heavy atom. The van der Waals surface area contributed by atoms with Gasteiger partial charge in [-0.1, -0.05) is 114 Å². The maximum Gasteiger partial charge on any atom is 2.00 e. The zero-order chi connectivity index (χ0) is 24.8. The quantitative estimate of drug-likeness (QED) is 0.231. The van der Waals surface area contributed by atoms with Gasteiger partial charge in [0.15, 0.2) is 0 Å². The van der Waals surface area contributed by atoms with Crippen LogP contribution in [0.15, 0.2) is 97.3 Å². The van der Waals surface area contributed by atoms with E-state index < -0.39 is 0 Å². The Kier molecular flexibility index (Phi) is 11.3. The van der Waals surface area contributed by atoms with Crippen molar-refractivity contribution in [2.45, 2.75) is 53.6 Å². The van der Waals surface area contributed by atoms with Crippen molar-refractivity contribution < 1.29 is 69.8 Å². The summed E-state index contributed by atoms with van der Waals surface area (Å²) in [5.41, 5.74) is 2.80. The average Bonchev–Trinajstić information content (AvgIpc) is 3.25. The molecule has 1 aliphatic rings.